The highest BCUT2D eigenvalue weighted by atomic mass is 35.5. The van der Waals surface area contributed by atoms with Crippen LogP contribution >= 0.6 is 23.2 Å². The van der Waals surface area contributed by atoms with Gasteiger partial charge in [0.1, 0.15) is 6.61 Å². The van der Waals surface area contributed by atoms with Crippen LogP contribution in [0.1, 0.15) is 17.3 Å². The third kappa shape index (κ3) is 3.51. The van der Waals surface area contributed by atoms with Gasteiger partial charge in [-0.3, -0.25) is 4.79 Å². The molecule has 1 rings (SSSR count). The molecule has 0 aromatic heterocycles. The van der Waals surface area contributed by atoms with Crippen molar-refractivity contribution in [2.75, 3.05) is 6.61 Å². The van der Waals surface area contributed by atoms with Gasteiger partial charge in [-0.1, -0.05) is 23.2 Å². The summed E-state index contributed by atoms with van der Waals surface area (Å²) >= 11 is 10.9. The molecular weight excluding hydrogens is 254 g/mol. The zero-order valence-corrected chi connectivity index (χ0v) is 9.98. The summed E-state index contributed by atoms with van der Waals surface area (Å²) in [5.41, 5.74) is 1.44. The maximum atomic E-state index is 13.4. The van der Waals surface area contributed by atoms with E-state index in [-0.39, 0.29) is 23.2 Å². The molecular formula is C11H9Cl2FO2. The predicted octanol–water partition coefficient (Wildman–Crippen LogP) is 3.73. The molecule has 0 bridgehead atoms. The Morgan fingerprint density at radius 2 is 2.25 bits per heavy atom. The monoisotopic (exact) mass is 262 g/mol. The van der Waals surface area contributed by atoms with E-state index in [1.165, 1.54) is 19.1 Å². The molecule has 2 nitrogen and oxygen atoms in total. The fraction of sp³-hybridized carbons (Fsp3) is 0.182. The fourth-order valence-electron chi connectivity index (χ4n) is 1.02. The number of hydrogen-bond acceptors (Lipinski definition) is 2. The number of rotatable bonds is 4. The van der Waals surface area contributed by atoms with E-state index in [1.807, 2.05) is 0 Å². The molecule has 0 amide bonds. The summed E-state index contributed by atoms with van der Waals surface area (Å²) in [6.07, 6.45) is 0. The van der Waals surface area contributed by atoms with Crippen LogP contribution in [0.25, 0.3) is 0 Å². The Bertz CT molecular complexity index is 430. The van der Waals surface area contributed by atoms with Crippen LogP contribution in [0.5, 0.6) is 5.75 Å². The highest BCUT2D eigenvalue weighted by Gasteiger charge is 2.07. The minimum absolute atomic E-state index is 0.0125. The van der Waals surface area contributed by atoms with Crippen molar-refractivity contribution in [3.8, 4) is 5.75 Å². The molecule has 86 valence electrons. The highest BCUT2D eigenvalue weighted by molar-refractivity contribution is 6.36. The molecule has 0 saturated carbocycles. The van der Waals surface area contributed by atoms with E-state index in [0.29, 0.717) is 5.56 Å². The number of benzene rings is 1. The SMILES string of the molecule is CC(=O)c1ccc(OC/C(Cl)=C/Cl)c(F)c1. The molecule has 0 spiro atoms. The van der Waals surface area contributed by atoms with E-state index in [4.69, 9.17) is 27.9 Å². The first-order valence-corrected chi connectivity index (χ1v) is 5.24. The van der Waals surface area contributed by atoms with Crippen molar-refractivity contribution in [2.45, 2.75) is 6.92 Å². The van der Waals surface area contributed by atoms with Crippen LogP contribution in [0.15, 0.2) is 28.8 Å². The third-order valence-corrected chi connectivity index (χ3v) is 2.42. The molecule has 0 radical (unpaired) electrons. The predicted molar refractivity (Wildman–Crippen MR) is 61.7 cm³/mol. The van der Waals surface area contributed by atoms with E-state index >= 15 is 0 Å². The first-order valence-electron chi connectivity index (χ1n) is 4.42. The van der Waals surface area contributed by atoms with Gasteiger partial charge in [0.15, 0.2) is 17.3 Å². The van der Waals surface area contributed by atoms with Crippen molar-refractivity contribution < 1.29 is 13.9 Å². The number of ketones is 1. The van der Waals surface area contributed by atoms with Crippen molar-refractivity contribution in [3.63, 3.8) is 0 Å². The first-order chi connectivity index (χ1) is 7.54. The zero-order chi connectivity index (χ0) is 12.1. The second-order valence-electron chi connectivity index (χ2n) is 3.05. The Kier molecular flexibility index (Phi) is 4.77. The minimum atomic E-state index is -0.605. The van der Waals surface area contributed by atoms with Crippen LogP contribution in [0, 0.1) is 5.82 Å². The van der Waals surface area contributed by atoms with Crippen molar-refractivity contribution in [1.29, 1.82) is 0 Å². The highest BCUT2D eigenvalue weighted by Crippen LogP contribution is 2.19. The molecule has 0 aliphatic rings. The molecule has 0 N–H and O–H groups in total. The summed E-state index contributed by atoms with van der Waals surface area (Å²) in [7, 11) is 0. The standard InChI is InChI=1S/C11H9Cl2FO2/c1-7(15)8-2-3-11(10(14)4-8)16-6-9(13)5-12/h2-5H,6H2,1H3/b9-5-. The number of carbonyl (C=O) groups excluding carboxylic acids is 1. The molecule has 1 aromatic carbocycles. The van der Waals surface area contributed by atoms with Crippen LogP contribution in [0.3, 0.4) is 0 Å². The summed E-state index contributed by atoms with van der Waals surface area (Å²) in [4.78, 5) is 11.0. The largest absolute Gasteiger partial charge is 0.485 e. The summed E-state index contributed by atoms with van der Waals surface area (Å²) in [6.45, 7) is 1.35. The maximum absolute atomic E-state index is 13.4. The molecule has 0 aliphatic heterocycles. The van der Waals surface area contributed by atoms with Gasteiger partial charge < -0.3 is 4.74 Å². The smallest absolute Gasteiger partial charge is 0.165 e. The van der Waals surface area contributed by atoms with E-state index in [1.54, 1.807) is 0 Å². The van der Waals surface area contributed by atoms with Crippen molar-refractivity contribution in [2.24, 2.45) is 0 Å². The van der Waals surface area contributed by atoms with E-state index in [0.717, 1.165) is 11.6 Å². The van der Waals surface area contributed by atoms with Gasteiger partial charge in [-0.15, -0.1) is 0 Å². The van der Waals surface area contributed by atoms with Crippen molar-refractivity contribution >= 4 is 29.0 Å². The normalized spacial score (nSPS) is 11.4. The second-order valence-corrected chi connectivity index (χ2v) is 3.75. The molecule has 0 heterocycles. The third-order valence-electron chi connectivity index (χ3n) is 1.82. The molecule has 0 atom stereocenters. The van der Waals surface area contributed by atoms with Gasteiger partial charge in [0.2, 0.25) is 0 Å². The summed E-state index contributed by atoms with van der Waals surface area (Å²) in [5.74, 6) is -0.780. The number of Topliss-reactive ketones (excluding diaryl/α,β-unsaturated/α-hetero) is 1. The minimum Gasteiger partial charge on any atom is -0.485 e. The van der Waals surface area contributed by atoms with Crippen LogP contribution in [-0.4, -0.2) is 12.4 Å². The Balaban J connectivity index is 2.79. The Morgan fingerprint density at radius 3 is 2.75 bits per heavy atom. The average molecular weight is 263 g/mol. The van der Waals surface area contributed by atoms with Crippen LogP contribution in [0.2, 0.25) is 0 Å². The molecule has 1 aromatic rings. The lowest BCUT2D eigenvalue weighted by Gasteiger charge is -2.06. The van der Waals surface area contributed by atoms with Gasteiger partial charge in [0.25, 0.3) is 0 Å². The van der Waals surface area contributed by atoms with E-state index < -0.39 is 5.82 Å². The molecule has 0 unspecified atom stereocenters. The quantitative estimate of drug-likeness (QED) is 0.774. The molecule has 0 fully saturated rings. The van der Waals surface area contributed by atoms with Gasteiger partial charge in [-0.2, -0.15) is 0 Å². The van der Waals surface area contributed by atoms with Crippen molar-refractivity contribution in [3.05, 3.63) is 40.1 Å². The van der Waals surface area contributed by atoms with Crippen LogP contribution in [-0.2, 0) is 0 Å². The number of carbonyl (C=O) groups is 1. The van der Waals surface area contributed by atoms with Crippen molar-refractivity contribution in [1.82, 2.24) is 0 Å². The van der Waals surface area contributed by atoms with E-state index in [2.05, 4.69) is 0 Å². The topological polar surface area (TPSA) is 26.3 Å². The summed E-state index contributed by atoms with van der Waals surface area (Å²) in [5, 5.41) is 0.261. The average Bonchev–Trinajstić information content (AvgIpc) is 2.26. The summed E-state index contributed by atoms with van der Waals surface area (Å²) < 4.78 is 18.4. The van der Waals surface area contributed by atoms with Gasteiger partial charge in [0.05, 0.1) is 5.03 Å². The van der Waals surface area contributed by atoms with Crippen LogP contribution in [0.4, 0.5) is 4.39 Å². The Morgan fingerprint density at radius 1 is 1.56 bits per heavy atom. The Labute approximate surface area is 103 Å². The lowest BCUT2D eigenvalue weighted by atomic mass is 10.1. The number of hydrogen-bond donors (Lipinski definition) is 0. The fourth-order valence-corrected chi connectivity index (χ4v) is 1.13. The maximum Gasteiger partial charge on any atom is 0.165 e. The zero-order valence-electron chi connectivity index (χ0n) is 8.47. The number of ether oxygens (including phenoxy) is 1. The molecule has 0 aliphatic carbocycles. The van der Waals surface area contributed by atoms with Gasteiger partial charge in [-0.25, -0.2) is 4.39 Å². The van der Waals surface area contributed by atoms with Gasteiger partial charge in [-0.05, 0) is 25.1 Å². The Hall–Kier alpha value is -1.06. The summed E-state index contributed by atoms with van der Waals surface area (Å²) in [6, 6.07) is 3.99. The molecule has 0 saturated heterocycles. The first kappa shape index (κ1) is 13.0. The van der Waals surface area contributed by atoms with Gasteiger partial charge >= 0.3 is 0 Å². The molecule has 5 heteroatoms. The molecule has 16 heavy (non-hydrogen) atoms. The number of halogens is 3. The van der Waals surface area contributed by atoms with Gasteiger partial charge in [0, 0.05) is 11.1 Å². The second kappa shape index (κ2) is 5.87. The lowest BCUT2D eigenvalue weighted by Crippen LogP contribution is -2.00. The lowest BCUT2D eigenvalue weighted by molar-refractivity contribution is 0.101. The van der Waals surface area contributed by atoms with E-state index in [9.17, 15) is 9.18 Å². The van der Waals surface area contributed by atoms with Crippen LogP contribution < -0.4 is 4.74 Å².